The predicted octanol–water partition coefficient (Wildman–Crippen LogP) is 5.76. The van der Waals surface area contributed by atoms with Gasteiger partial charge in [-0.05, 0) is 83.6 Å². The number of rotatable bonds is 10. The number of aromatic nitrogens is 2. The maximum atomic E-state index is 12.9. The Hall–Kier alpha value is -3.67. The number of halogens is 1. The van der Waals surface area contributed by atoms with Crippen molar-refractivity contribution in [2.24, 2.45) is 0 Å². The first kappa shape index (κ1) is 31.3. The van der Waals surface area contributed by atoms with Gasteiger partial charge in [-0.15, -0.1) is 0 Å². The molecule has 1 saturated heterocycles. The number of sulfone groups is 1. The van der Waals surface area contributed by atoms with E-state index in [2.05, 4.69) is 56.4 Å². The normalized spacial score (nSPS) is 14.2. The molecule has 3 aromatic rings. The van der Waals surface area contributed by atoms with Crippen molar-refractivity contribution in [2.75, 3.05) is 48.0 Å². The van der Waals surface area contributed by atoms with Crippen molar-refractivity contribution in [2.45, 2.75) is 49.8 Å². The van der Waals surface area contributed by atoms with E-state index in [1.165, 1.54) is 12.3 Å². The van der Waals surface area contributed by atoms with E-state index < -0.39 is 15.1 Å². The van der Waals surface area contributed by atoms with E-state index in [1.807, 2.05) is 19.1 Å². The summed E-state index contributed by atoms with van der Waals surface area (Å²) in [5, 5.41) is 8.88. The van der Waals surface area contributed by atoms with Gasteiger partial charge in [0.05, 0.1) is 33.4 Å². The van der Waals surface area contributed by atoms with Crippen LogP contribution in [-0.4, -0.2) is 67.7 Å². The number of hydrogen-bond donors (Lipinski definition) is 3. The molecule has 224 valence electrons. The van der Waals surface area contributed by atoms with Gasteiger partial charge in [0.1, 0.15) is 5.02 Å². The molecule has 12 heteroatoms. The highest BCUT2D eigenvalue weighted by atomic mass is 35.5. The third kappa shape index (κ3) is 7.03. The number of carbonyl (C=O) groups is 1. The van der Waals surface area contributed by atoms with Crippen LogP contribution in [0.3, 0.4) is 0 Å². The Morgan fingerprint density at radius 1 is 1.12 bits per heavy atom. The summed E-state index contributed by atoms with van der Waals surface area (Å²) < 4.78 is 25.9. The van der Waals surface area contributed by atoms with Crippen LogP contribution in [0.1, 0.15) is 32.3 Å². The summed E-state index contributed by atoms with van der Waals surface area (Å²) in [4.78, 5) is 25.9. The van der Waals surface area contributed by atoms with Crippen molar-refractivity contribution in [3.63, 3.8) is 0 Å². The lowest BCUT2D eigenvalue weighted by atomic mass is 10.0. The smallest absolute Gasteiger partial charge is 0.247 e. The van der Waals surface area contributed by atoms with E-state index in [9.17, 15) is 13.2 Å². The van der Waals surface area contributed by atoms with Gasteiger partial charge in [0, 0.05) is 24.8 Å². The van der Waals surface area contributed by atoms with Crippen LogP contribution in [-0.2, 0) is 14.6 Å². The quantitative estimate of drug-likeness (QED) is 0.246. The second kappa shape index (κ2) is 13.1. The van der Waals surface area contributed by atoms with E-state index in [-0.39, 0.29) is 27.6 Å². The maximum Gasteiger partial charge on any atom is 0.247 e. The standard InChI is InChI=1S/C30H38ClN7O3S/c1-7-28(39)33-25-17-24(20(4)16-26(25)38-14-12-21(13-15-38)37(5)6)35-30-32-18-22(31)29(36-30)34-23-10-8-9-11-27(23)42(40,41)19(2)3/h7-11,16-19,21H,1,12-15H2,2-6H3,(H,33,39)(H2,32,34,35,36). The Kier molecular flexibility index (Phi) is 9.75. The van der Waals surface area contributed by atoms with Gasteiger partial charge in [-0.25, -0.2) is 13.4 Å². The lowest BCUT2D eigenvalue weighted by molar-refractivity contribution is -0.111. The Bertz CT molecular complexity index is 1570. The molecule has 1 aromatic heterocycles. The molecule has 1 aliphatic rings. The number of nitrogens with zero attached hydrogens (tertiary/aromatic N) is 4. The Morgan fingerprint density at radius 3 is 2.45 bits per heavy atom. The van der Waals surface area contributed by atoms with Crippen molar-refractivity contribution < 1.29 is 13.2 Å². The van der Waals surface area contributed by atoms with Crippen molar-refractivity contribution in [1.29, 1.82) is 0 Å². The molecule has 4 rings (SSSR count). The first-order valence-corrected chi connectivity index (χ1v) is 15.7. The fourth-order valence-corrected chi connectivity index (χ4v) is 6.17. The highest BCUT2D eigenvalue weighted by Crippen LogP contribution is 2.36. The number of benzene rings is 2. The summed E-state index contributed by atoms with van der Waals surface area (Å²) in [6, 6.07) is 11.1. The lowest BCUT2D eigenvalue weighted by Crippen LogP contribution is -2.42. The SMILES string of the molecule is C=CC(=O)Nc1cc(Nc2ncc(Cl)c(Nc3ccccc3S(=O)(=O)C(C)C)n2)c(C)cc1N1CCC(N(C)C)CC1. The zero-order valence-electron chi connectivity index (χ0n) is 24.6. The monoisotopic (exact) mass is 611 g/mol. The van der Waals surface area contributed by atoms with Crippen molar-refractivity contribution in [3.8, 4) is 0 Å². The molecule has 0 spiro atoms. The molecule has 10 nitrogen and oxygen atoms in total. The average Bonchev–Trinajstić information content (AvgIpc) is 2.96. The molecule has 2 heterocycles. The summed E-state index contributed by atoms with van der Waals surface area (Å²) >= 11 is 6.41. The molecule has 1 amide bonds. The predicted molar refractivity (Wildman–Crippen MR) is 171 cm³/mol. The van der Waals surface area contributed by atoms with Crippen LogP contribution in [0.2, 0.25) is 5.02 Å². The Balaban J connectivity index is 1.64. The molecular formula is C30H38ClN7O3S. The second-order valence-corrected chi connectivity index (χ2v) is 13.7. The van der Waals surface area contributed by atoms with E-state index in [0.29, 0.717) is 23.1 Å². The van der Waals surface area contributed by atoms with Crippen LogP contribution in [0.25, 0.3) is 0 Å². The van der Waals surface area contributed by atoms with Gasteiger partial charge in [0.2, 0.25) is 11.9 Å². The summed E-state index contributed by atoms with van der Waals surface area (Å²) in [6.07, 6.45) is 4.73. The lowest BCUT2D eigenvalue weighted by Gasteiger charge is -2.37. The van der Waals surface area contributed by atoms with Gasteiger partial charge >= 0.3 is 0 Å². The number of anilines is 6. The minimum absolute atomic E-state index is 0.160. The molecular weight excluding hydrogens is 574 g/mol. The first-order chi connectivity index (χ1) is 19.9. The number of carbonyl (C=O) groups excluding carboxylic acids is 1. The third-order valence-electron chi connectivity index (χ3n) is 7.38. The highest BCUT2D eigenvalue weighted by Gasteiger charge is 2.25. The largest absolute Gasteiger partial charge is 0.370 e. The number of para-hydroxylation sites is 1. The molecule has 0 aliphatic carbocycles. The molecule has 0 saturated carbocycles. The van der Waals surface area contributed by atoms with E-state index in [0.717, 1.165) is 37.2 Å². The first-order valence-electron chi connectivity index (χ1n) is 13.8. The fraction of sp³-hybridized carbons (Fsp3) is 0.367. The Labute approximate surface area is 253 Å². The number of aryl methyl sites for hydroxylation is 1. The Morgan fingerprint density at radius 2 is 1.81 bits per heavy atom. The zero-order valence-corrected chi connectivity index (χ0v) is 26.2. The number of hydrogen-bond acceptors (Lipinski definition) is 9. The second-order valence-electron chi connectivity index (χ2n) is 10.8. The van der Waals surface area contributed by atoms with Crippen LogP contribution in [0.4, 0.5) is 34.5 Å². The van der Waals surface area contributed by atoms with Crippen molar-refractivity contribution >= 4 is 61.9 Å². The number of nitrogens with one attached hydrogen (secondary N) is 3. The van der Waals surface area contributed by atoms with Crippen molar-refractivity contribution in [1.82, 2.24) is 14.9 Å². The molecule has 0 atom stereocenters. The summed E-state index contributed by atoms with van der Waals surface area (Å²) in [7, 11) is 0.653. The highest BCUT2D eigenvalue weighted by molar-refractivity contribution is 7.92. The molecule has 42 heavy (non-hydrogen) atoms. The molecule has 0 radical (unpaired) electrons. The molecule has 2 aromatic carbocycles. The van der Waals surface area contributed by atoms with Crippen LogP contribution in [0.5, 0.6) is 0 Å². The van der Waals surface area contributed by atoms with E-state index in [4.69, 9.17) is 11.6 Å². The number of amides is 1. The minimum Gasteiger partial charge on any atom is -0.370 e. The summed E-state index contributed by atoms with van der Waals surface area (Å²) in [6.45, 7) is 10.6. The van der Waals surface area contributed by atoms with Gasteiger partial charge < -0.3 is 25.8 Å². The fourth-order valence-electron chi connectivity index (χ4n) is 4.83. The van der Waals surface area contributed by atoms with Crippen LogP contribution in [0, 0.1) is 6.92 Å². The molecule has 1 aliphatic heterocycles. The topological polar surface area (TPSA) is 120 Å². The minimum atomic E-state index is -3.56. The zero-order chi connectivity index (χ0) is 30.6. The van der Waals surface area contributed by atoms with Gasteiger partial charge in [-0.1, -0.05) is 30.3 Å². The van der Waals surface area contributed by atoms with Gasteiger partial charge in [-0.3, -0.25) is 4.79 Å². The van der Waals surface area contributed by atoms with Gasteiger partial charge in [-0.2, -0.15) is 4.98 Å². The maximum absolute atomic E-state index is 12.9. The number of piperidine rings is 1. The van der Waals surface area contributed by atoms with Gasteiger partial charge in [0.25, 0.3) is 0 Å². The summed E-state index contributed by atoms with van der Waals surface area (Å²) in [5.74, 6) is 0.187. The average molecular weight is 612 g/mol. The van der Waals surface area contributed by atoms with Crippen LogP contribution < -0.4 is 20.9 Å². The third-order valence-corrected chi connectivity index (χ3v) is 9.87. The van der Waals surface area contributed by atoms with Crippen molar-refractivity contribution in [3.05, 3.63) is 65.8 Å². The van der Waals surface area contributed by atoms with Gasteiger partial charge in [0.15, 0.2) is 15.7 Å². The summed E-state index contributed by atoms with van der Waals surface area (Å²) in [5.41, 5.74) is 3.57. The molecule has 1 fully saturated rings. The van der Waals surface area contributed by atoms with Crippen LogP contribution in [0.15, 0.2) is 60.1 Å². The van der Waals surface area contributed by atoms with E-state index >= 15 is 0 Å². The molecule has 0 unspecified atom stereocenters. The van der Waals surface area contributed by atoms with Crippen LogP contribution >= 0.6 is 11.6 Å². The van der Waals surface area contributed by atoms with E-state index in [1.54, 1.807) is 38.1 Å². The molecule has 3 N–H and O–H groups in total. The molecule has 0 bridgehead atoms.